The normalized spacial score (nSPS) is 8.92. The third-order valence-electron chi connectivity index (χ3n) is 1.22. The second-order valence-electron chi connectivity index (χ2n) is 2.06. The van der Waals surface area contributed by atoms with Crippen LogP contribution in [-0.4, -0.2) is 5.88 Å². The van der Waals surface area contributed by atoms with Crippen LogP contribution in [0.3, 0.4) is 0 Å². The number of halogens is 3. The Bertz CT molecular complexity index is 336. The van der Waals surface area contributed by atoms with Crippen molar-refractivity contribution >= 4 is 39.1 Å². The van der Waals surface area contributed by atoms with Gasteiger partial charge in [0.05, 0.1) is 10.9 Å². The molecule has 3 heteroatoms. The summed E-state index contributed by atoms with van der Waals surface area (Å²) in [5, 5.41) is 0.641. The van der Waals surface area contributed by atoms with Crippen molar-refractivity contribution in [3.8, 4) is 11.8 Å². The molecule has 0 aliphatic rings. The van der Waals surface area contributed by atoms with Crippen molar-refractivity contribution in [3.05, 3.63) is 33.3 Å². The van der Waals surface area contributed by atoms with Crippen molar-refractivity contribution in [1.82, 2.24) is 0 Å². The first kappa shape index (κ1) is 9.92. The fraction of sp³-hybridized carbons (Fsp3) is 0.111. The molecule has 0 fully saturated rings. The molecule has 12 heavy (non-hydrogen) atoms. The standard InChI is InChI=1S/C9H5BrCl2/c10-8-4-3-7(2-1-5-11)9(12)6-8/h3-4,6H,5H2. The van der Waals surface area contributed by atoms with E-state index in [1.54, 1.807) is 6.07 Å². The lowest BCUT2D eigenvalue weighted by atomic mass is 10.2. The van der Waals surface area contributed by atoms with E-state index in [4.69, 9.17) is 23.2 Å². The molecule has 0 unspecified atom stereocenters. The lowest BCUT2D eigenvalue weighted by Gasteiger charge is -1.95. The average molecular weight is 264 g/mol. The van der Waals surface area contributed by atoms with Gasteiger partial charge in [-0.1, -0.05) is 39.4 Å². The molecule has 0 bridgehead atoms. The van der Waals surface area contributed by atoms with E-state index < -0.39 is 0 Å². The minimum Gasteiger partial charge on any atom is -0.113 e. The lowest BCUT2D eigenvalue weighted by molar-refractivity contribution is 1.60. The Hall–Kier alpha value is -0.160. The molecule has 0 saturated carbocycles. The molecular weight excluding hydrogens is 259 g/mol. The Labute approximate surface area is 90.0 Å². The van der Waals surface area contributed by atoms with Crippen molar-refractivity contribution in [1.29, 1.82) is 0 Å². The van der Waals surface area contributed by atoms with Crippen LogP contribution in [0.25, 0.3) is 0 Å². The van der Waals surface area contributed by atoms with Crippen molar-refractivity contribution in [2.75, 3.05) is 5.88 Å². The molecule has 0 heterocycles. The summed E-state index contributed by atoms with van der Waals surface area (Å²) in [6.07, 6.45) is 0. The summed E-state index contributed by atoms with van der Waals surface area (Å²) in [7, 11) is 0. The number of rotatable bonds is 0. The Morgan fingerprint density at radius 2 is 2.17 bits per heavy atom. The molecule has 0 saturated heterocycles. The fourth-order valence-corrected chi connectivity index (χ4v) is 1.51. The van der Waals surface area contributed by atoms with Gasteiger partial charge in [0.1, 0.15) is 0 Å². The summed E-state index contributed by atoms with van der Waals surface area (Å²) in [5.41, 5.74) is 0.806. The van der Waals surface area contributed by atoms with E-state index >= 15 is 0 Å². The largest absolute Gasteiger partial charge is 0.113 e. The minimum absolute atomic E-state index is 0.326. The van der Waals surface area contributed by atoms with E-state index in [1.165, 1.54) is 0 Å². The first-order valence-corrected chi connectivity index (χ1v) is 4.94. The maximum absolute atomic E-state index is 5.89. The van der Waals surface area contributed by atoms with Crippen LogP contribution in [0.5, 0.6) is 0 Å². The van der Waals surface area contributed by atoms with Crippen molar-refractivity contribution in [2.24, 2.45) is 0 Å². The maximum Gasteiger partial charge on any atom is 0.0839 e. The Morgan fingerprint density at radius 1 is 1.42 bits per heavy atom. The summed E-state index contributed by atoms with van der Waals surface area (Å²) in [4.78, 5) is 0. The second-order valence-corrected chi connectivity index (χ2v) is 3.65. The summed E-state index contributed by atoms with van der Waals surface area (Å²) in [6.45, 7) is 0. The quantitative estimate of drug-likeness (QED) is 0.495. The molecular formula is C9H5BrCl2. The summed E-state index contributed by atoms with van der Waals surface area (Å²) in [6, 6.07) is 5.55. The van der Waals surface area contributed by atoms with Gasteiger partial charge in [0.2, 0.25) is 0 Å². The number of benzene rings is 1. The van der Waals surface area contributed by atoms with Crippen molar-refractivity contribution in [2.45, 2.75) is 0 Å². The SMILES string of the molecule is ClCC#Cc1ccc(Br)cc1Cl. The molecule has 0 N–H and O–H groups in total. The molecule has 0 nitrogen and oxygen atoms in total. The van der Waals surface area contributed by atoms with Crippen molar-refractivity contribution in [3.63, 3.8) is 0 Å². The zero-order valence-corrected chi connectivity index (χ0v) is 9.17. The predicted molar refractivity (Wildman–Crippen MR) is 56.8 cm³/mol. The minimum atomic E-state index is 0.326. The van der Waals surface area contributed by atoms with Crippen LogP contribution < -0.4 is 0 Å². The molecule has 0 spiro atoms. The third kappa shape index (κ3) is 2.71. The fourth-order valence-electron chi connectivity index (χ4n) is 0.719. The van der Waals surface area contributed by atoms with E-state index in [1.807, 2.05) is 12.1 Å². The first-order chi connectivity index (χ1) is 5.74. The highest BCUT2D eigenvalue weighted by molar-refractivity contribution is 9.10. The van der Waals surface area contributed by atoms with Gasteiger partial charge in [0, 0.05) is 10.0 Å². The number of alkyl halides is 1. The summed E-state index contributed by atoms with van der Waals surface area (Å²) >= 11 is 14.6. The van der Waals surface area contributed by atoms with E-state index in [2.05, 4.69) is 27.8 Å². The van der Waals surface area contributed by atoms with Crippen LogP contribution in [-0.2, 0) is 0 Å². The molecule has 0 aliphatic carbocycles. The van der Waals surface area contributed by atoms with Crippen LogP contribution in [0.15, 0.2) is 22.7 Å². The number of hydrogen-bond donors (Lipinski definition) is 0. The molecule has 0 radical (unpaired) electrons. The summed E-state index contributed by atoms with van der Waals surface area (Å²) in [5.74, 6) is 5.92. The van der Waals surface area contributed by atoms with Gasteiger partial charge in [-0.2, -0.15) is 0 Å². The second kappa shape index (κ2) is 4.77. The van der Waals surface area contributed by atoms with Crippen LogP contribution >= 0.6 is 39.1 Å². The third-order valence-corrected chi connectivity index (χ3v) is 2.16. The van der Waals surface area contributed by atoms with Crippen LogP contribution in [0.2, 0.25) is 5.02 Å². The van der Waals surface area contributed by atoms with Crippen molar-refractivity contribution < 1.29 is 0 Å². The molecule has 62 valence electrons. The zero-order chi connectivity index (χ0) is 8.97. The summed E-state index contributed by atoms with van der Waals surface area (Å²) < 4.78 is 0.948. The predicted octanol–water partition coefficient (Wildman–Crippen LogP) is 3.69. The van der Waals surface area contributed by atoms with Crippen LogP contribution in [0.4, 0.5) is 0 Å². The molecule has 0 amide bonds. The Balaban J connectivity index is 3.01. The zero-order valence-electron chi connectivity index (χ0n) is 6.07. The molecule has 0 atom stereocenters. The highest BCUT2D eigenvalue weighted by Gasteiger charge is 1.96. The topological polar surface area (TPSA) is 0 Å². The van der Waals surface area contributed by atoms with Gasteiger partial charge in [-0.05, 0) is 18.2 Å². The van der Waals surface area contributed by atoms with E-state index in [-0.39, 0.29) is 0 Å². The smallest absolute Gasteiger partial charge is 0.0839 e. The van der Waals surface area contributed by atoms with Gasteiger partial charge < -0.3 is 0 Å². The molecule has 1 aromatic rings. The first-order valence-electron chi connectivity index (χ1n) is 3.24. The molecule has 0 aromatic heterocycles. The highest BCUT2D eigenvalue weighted by atomic mass is 79.9. The van der Waals surface area contributed by atoms with Gasteiger partial charge in [-0.3, -0.25) is 0 Å². The van der Waals surface area contributed by atoms with Gasteiger partial charge in [0.15, 0.2) is 0 Å². The Kier molecular flexibility index (Phi) is 3.94. The monoisotopic (exact) mass is 262 g/mol. The van der Waals surface area contributed by atoms with Gasteiger partial charge in [-0.15, -0.1) is 11.6 Å². The molecule has 0 aliphatic heterocycles. The van der Waals surface area contributed by atoms with Crippen LogP contribution in [0, 0.1) is 11.8 Å². The highest BCUT2D eigenvalue weighted by Crippen LogP contribution is 2.20. The van der Waals surface area contributed by atoms with E-state index in [9.17, 15) is 0 Å². The lowest BCUT2D eigenvalue weighted by Crippen LogP contribution is -1.76. The number of hydrogen-bond acceptors (Lipinski definition) is 0. The van der Waals surface area contributed by atoms with Gasteiger partial charge in [-0.25, -0.2) is 0 Å². The molecule has 1 rings (SSSR count). The van der Waals surface area contributed by atoms with E-state index in [0.29, 0.717) is 10.9 Å². The average Bonchev–Trinajstić information content (AvgIpc) is 2.03. The molecule has 1 aromatic carbocycles. The Morgan fingerprint density at radius 3 is 2.75 bits per heavy atom. The van der Waals surface area contributed by atoms with Crippen LogP contribution in [0.1, 0.15) is 5.56 Å². The van der Waals surface area contributed by atoms with E-state index in [0.717, 1.165) is 10.0 Å². The van der Waals surface area contributed by atoms with Gasteiger partial charge >= 0.3 is 0 Å². The maximum atomic E-state index is 5.89. The van der Waals surface area contributed by atoms with Gasteiger partial charge in [0.25, 0.3) is 0 Å².